The molecule has 0 radical (unpaired) electrons. The number of anilines is 6. The Morgan fingerprint density at radius 2 is 0.535 bits per heavy atom. The summed E-state index contributed by atoms with van der Waals surface area (Å²) in [5.41, 5.74) is 33.3. The zero-order valence-corrected chi connectivity index (χ0v) is 55.7. The summed E-state index contributed by atoms with van der Waals surface area (Å²) in [5, 5.41) is 0. The summed E-state index contributed by atoms with van der Waals surface area (Å²) in [6, 6.07) is 122. The molecule has 3 aliphatic carbocycles. The van der Waals surface area contributed by atoms with Crippen LogP contribution in [0.2, 0.25) is 0 Å². The molecule has 0 fully saturated rings. The molecular formula is C97H72N2. The third kappa shape index (κ3) is 9.46. The Bertz CT molecular complexity index is 5040. The van der Waals surface area contributed by atoms with E-state index in [2.05, 4.69) is 378 Å². The summed E-state index contributed by atoms with van der Waals surface area (Å²) < 4.78 is 0. The topological polar surface area (TPSA) is 6.48 Å². The van der Waals surface area contributed by atoms with Gasteiger partial charge in [-0.05, 0) is 183 Å². The van der Waals surface area contributed by atoms with Gasteiger partial charge in [-0.25, -0.2) is 0 Å². The minimum atomic E-state index is -0.650. The fourth-order valence-electron chi connectivity index (χ4n) is 16.8. The SMILES string of the molecule is C=Cc1ccc(C2(c3ccc(C=C)cc3)c3ccccc3-c3c(N(c4ccc(-c5ccccc5)cc4)c4ccc5c(c4)C(C)(C)c4cc(N(c6ccc(-c7ccccc7)cc6)c6cccc7c6-c6ccccc6C7(c6ccc(C=C)cc6)c6ccc(C=C)cc6)ccc4-5)cccc32)cc1. The number of nitrogens with zero attached hydrogens (tertiary/aromatic N) is 2. The maximum atomic E-state index is 4.15. The summed E-state index contributed by atoms with van der Waals surface area (Å²) >= 11 is 0. The third-order valence-electron chi connectivity index (χ3n) is 21.5. The molecule has 0 aromatic heterocycles. The van der Waals surface area contributed by atoms with Crippen molar-refractivity contribution in [1.82, 2.24) is 0 Å². The zero-order valence-electron chi connectivity index (χ0n) is 55.7. The Hall–Kier alpha value is -12.4. The maximum Gasteiger partial charge on any atom is 0.0714 e. The lowest BCUT2D eigenvalue weighted by Gasteiger charge is -2.35. The standard InChI is InChI=1S/C97H72N2/c1-7-65-35-47-73(48-36-65)96(74-49-37-66(8-2)38-50-74)85-29-19-17-27-83(85)93-87(96)31-21-33-91(93)98(77-55-43-71(44-56-77)69-23-13-11-14-24-69)79-59-61-81-82-62-60-80(64-90(82)95(5,6)89(81)63-79)99(78-57-45-72(46-58-78)70-25-15-12-16-26-70)92-34-22-32-88-94(92)84-28-18-20-30-86(84)97(88,75-51-39-67(9-3)40-52-75)76-53-41-68(10-4)42-54-76/h7-64H,1-4H2,5-6H3. The highest BCUT2D eigenvalue weighted by Crippen LogP contribution is 2.63. The molecule has 0 amide bonds. The van der Waals surface area contributed by atoms with E-state index in [0.717, 1.165) is 67.5 Å². The van der Waals surface area contributed by atoms with Gasteiger partial charge in [0, 0.05) is 39.3 Å². The van der Waals surface area contributed by atoms with Gasteiger partial charge in [-0.2, -0.15) is 0 Å². The largest absolute Gasteiger partial charge is 0.310 e. The van der Waals surface area contributed by atoms with Crippen molar-refractivity contribution in [2.24, 2.45) is 0 Å². The molecule has 0 heterocycles. The molecular weight excluding hydrogens is 1190 g/mol. The summed E-state index contributed by atoms with van der Waals surface area (Å²) in [4.78, 5) is 5.03. The van der Waals surface area contributed by atoms with E-state index in [1.807, 2.05) is 24.3 Å². The lowest BCUT2D eigenvalue weighted by molar-refractivity contribution is 0.660. The van der Waals surface area contributed by atoms with Gasteiger partial charge < -0.3 is 9.80 Å². The monoisotopic (exact) mass is 1260 g/mol. The summed E-state index contributed by atoms with van der Waals surface area (Å²) in [6.07, 6.45) is 7.71. The second-order valence-corrected chi connectivity index (χ2v) is 26.9. The van der Waals surface area contributed by atoms with Crippen molar-refractivity contribution in [3.05, 3.63) is 432 Å². The molecule has 2 heteroatoms. The van der Waals surface area contributed by atoms with Gasteiger partial charge in [-0.1, -0.05) is 331 Å². The first kappa shape index (κ1) is 60.3. The molecule has 14 aromatic rings. The Morgan fingerprint density at radius 1 is 0.242 bits per heavy atom. The van der Waals surface area contributed by atoms with E-state index >= 15 is 0 Å². The van der Waals surface area contributed by atoms with Gasteiger partial charge in [-0.3, -0.25) is 0 Å². The first-order chi connectivity index (χ1) is 48.6. The van der Waals surface area contributed by atoms with E-state index in [1.54, 1.807) is 0 Å². The molecule has 0 atom stereocenters. The van der Waals surface area contributed by atoms with Gasteiger partial charge in [0.05, 0.1) is 22.2 Å². The van der Waals surface area contributed by atoms with Crippen LogP contribution in [-0.2, 0) is 16.2 Å². The second kappa shape index (κ2) is 24.1. The normalized spacial score (nSPS) is 13.6. The minimum absolute atomic E-state index is 0.437. The van der Waals surface area contributed by atoms with E-state index in [0.29, 0.717) is 0 Å². The fourth-order valence-corrected chi connectivity index (χ4v) is 16.8. The predicted octanol–water partition coefficient (Wildman–Crippen LogP) is 25.6. The Balaban J connectivity index is 0.845. The van der Waals surface area contributed by atoms with E-state index < -0.39 is 16.2 Å². The fraction of sp³-hybridized carbons (Fsp3) is 0.0515. The first-order valence-corrected chi connectivity index (χ1v) is 34.2. The molecule has 0 saturated carbocycles. The van der Waals surface area contributed by atoms with Crippen molar-refractivity contribution in [3.8, 4) is 55.6 Å². The third-order valence-corrected chi connectivity index (χ3v) is 21.5. The van der Waals surface area contributed by atoms with Gasteiger partial charge in [0.2, 0.25) is 0 Å². The Morgan fingerprint density at radius 3 is 0.869 bits per heavy atom. The number of hydrogen-bond donors (Lipinski definition) is 0. The van der Waals surface area contributed by atoms with Crippen molar-refractivity contribution < 1.29 is 0 Å². The van der Waals surface area contributed by atoms with Crippen LogP contribution in [-0.4, -0.2) is 0 Å². The summed E-state index contributed by atoms with van der Waals surface area (Å²) in [7, 11) is 0. The molecule has 0 unspecified atom stereocenters. The molecule has 0 bridgehead atoms. The Kier molecular flexibility index (Phi) is 14.7. The molecule has 17 rings (SSSR count). The van der Waals surface area contributed by atoms with E-state index in [4.69, 9.17) is 0 Å². The average Bonchev–Trinajstić information content (AvgIpc) is 1.55. The van der Waals surface area contributed by atoms with Crippen LogP contribution in [0, 0.1) is 0 Å². The maximum absolute atomic E-state index is 4.15. The van der Waals surface area contributed by atoms with Crippen LogP contribution >= 0.6 is 0 Å². The smallest absolute Gasteiger partial charge is 0.0714 e. The van der Waals surface area contributed by atoms with Gasteiger partial charge >= 0.3 is 0 Å². The lowest BCUT2D eigenvalue weighted by atomic mass is 9.67. The van der Waals surface area contributed by atoms with Gasteiger partial charge in [0.1, 0.15) is 0 Å². The van der Waals surface area contributed by atoms with Crippen molar-refractivity contribution in [2.45, 2.75) is 30.1 Å². The Labute approximate surface area is 582 Å². The zero-order chi connectivity index (χ0) is 67.0. The second-order valence-electron chi connectivity index (χ2n) is 26.9. The van der Waals surface area contributed by atoms with Crippen LogP contribution in [0.15, 0.2) is 354 Å². The van der Waals surface area contributed by atoms with Gasteiger partial charge in [0.25, 0.3) is 0 Å². The molecule has 2 nitrogen and oxygen atoms in total. The highest BCUT2D eigenvalue weighted by Gasteiger charge is 2.50. The predicted molar refractivity (Wildman–Crippen MR) is 419 cm³/mol. The average molecular weight is 1270 g/mol. The summed E-state index contributed by atoms with van der Waals surface area (Å²) in [5.74, 6) is 0. The van der Waals surface area contributed by atoms with Crippen molar-refractivity contribution in [3.63, 3.8) is 0 Å². The molecule has 0 N–H and O–H groups in total. The van der Waals surface area contributed by atoms with E-state index in [9.17, 15) is 0 Å². The number of hydrogen-bond acceptors (Lipinski definition) is 2. The quantitative estimate of drug-likeness (QED) is 0.0951. The van der Waals surface area contributed by atoms with Gasteiger partial charge in [0.15, 0.2) is 0 Å². The number of rotatable bonds is 16. The van der Waals surface area contributed by atoms with Crippen LogP contribution in [0.5, 0.6) is 0 Å². The molecule has 99 heavy (non-hydrogen) atoms. The van der Waals surface area contributed by atoms with Gasteiger partial charge in [-0.15, -0.1) is 0 Å². The van der Waals surface area contributed by atoms with Crippen LogP contribution in [0.4, 0.5) is 34.1 Å². The van der Waals surface area contributed by atoms with Crippen LogP contribution in [0.3, 0.4) is 0 Å². The first-order valence-electron chi connectivity index (χ1n) is 34.2. The minimum Gasteiger partial charge on any atom is -0.310 e. The van der Waals surface area contributed by atoms with Crippen molar-refractivity contribution >= 4 is 58.4 Å². The molecule has 0 saturated heterocycles. The molecule has 14 aromatic carbocycles. The molecule has 470 valence electrons. The van der Waals surface area contributed by atoms with E-state index in [-0.39, 0.29) is 0 Å². The number of fused-ring (bicyclic) bond motifs is 9. The van der Waals surface area contributed by atoms with Crippen LogP contribution < -0.4 is 9.80 Å². The summed E-state index contributed by atoms with van der Waals surface area (Å²) in [6.45, 7) is 21.4. The van der Waals surface area contributed by atoms with Crippen LogP contribution in [0.1, 0.15) is 91.7 Å². The molecule has 3 aliphatic rings. The molecule has 0 spiro atoms. The number of benzene rings is 14. The molecule has 0 aliphatic heterocycles. The van der Waals surface area contributed by atoms with Crippen molar-refractivity contribution in [1.29, 1.82) is 0 Å². The van der Waals surface area contributed by atoms with Crippen molar-refractivity contribution in [2.75, 3.05) is 9.80 Å². The highest BCUT2D eigenvalue weighted by atomic mass is 15.2. The van der Waals surface area contributed by atoms with E-state index in [1.165, 1.54) is 100 Å². The highest BCUT2D eigenvalue weighted by molar-refractivity contribution is 6.01. The lowest BCUT2D eigenvalue weighted by Crippen LogP contribution is -2.28. The van der Waals surface area contributed by atoms with Crippen LogP contribution in [0.25, 0.3) is 79.9 Å².